The molecule has 0 aliphatic heterocycles. The van der Waals surface area contributed by atoms with Crippen LogP contribution in [-0.2, 0) is 0 Å². The Morgan fingerprint density at radius 3 is 2.48 bits per heavy atom. The molecule has 0 radical (unpaired) electrons. The van der Waals surface area contributed by atoms with E-state index in [0.717, 1.165) is 24.8 Å². The normalized spacial score (nSPS) is 40.5. The smallest absolute Gasteiger partial charge is 0.171 e. The molecule has 4 aliphatic rings. The summed E-state index contributed by atoms with van der Waals surface area (Å²) in [4.78, 5) is 13.2. The molecule has 4 fully saturated rings. The van der Waals surface area contributed by atoms with Crippen LogP contribution in [-0.4, -0.2) is 5.78 Å². The topological polar surface area (TPSA) is 17.1 Å². The van der Waals surface area contributed by atoms with E-state index in [1.807, 2.05) is 6.92 Å². The molecule has 2 atom stereocenters. The standard InChI is InChI=1S/C19H23FO/c1-12-3-4-16(20)15(5-12)17(21)19-9-13-6-14(10-19)8-18(2,7-13)11-19/h3-5,13-14H,6-11H2,1-2H3. The molecule has 0 N–H and O–H groups in total. The Bertz CT molecular complexity index is 604. The average molecular weight is 286 g/mol. The molecule has 4 aliphatic carbocycles. The molecule has 5 rings (SSSR count). The first-order valence-electron chi connectivity index (χ1n) is 8.20. The van der Waals surface area contributed by atoms with E-state index in [0.29, 0.717) is 22.8 Å². The lowest BCUT2D eigenvalue weighted by atomic mass is 9.43. The van der Waals surface area contributed by atoms with E-state index in [1.54, 1.807) is 12.1 Å². The predicted molar refractivity (Wildman–Crippen MR) is 80.7 cm³/mol. The van der Waals surface area contributed by atoms with Crippen molar-refractivity contribution < 1.29 is 9.18 Å². The van der Waals surface area contributed by atoms with Crippen LogP contribution < -0.4 is 0 Å². The molecular weight excluding hydrogens is 263 g/mol. The Balaban J connectivity index is 1.75. The molecule has 112 valence electrons. The van der Waals surface area contributed by atoms with Crippen molar-refractivity contribution in [2.75, 3.05) is 0 Å². The van der Waals surface area contributed by atoms with Crippen LogP contribution in [0.25, 0.3) is 0 Å². The van der Waals surface area contributed by atoms with Crippen LogP contribution in [0.5, 0.6) is 0 Å². The summed E-state index contributed by atoms with van der Waals surface area (Å²) < 4.78 is 14.2. The SMILES string of the molecule is Cc1ccc(F)c(C(=O)C23CC4CC(CC(C)(C4)C2)C3)c1. The van der Waals surface area contributed by atoms with Crippen LogP contribution in [0.3, 0.4) is 0 Å². The van der Waals surface area contributed by atoms with Gasteiger partial charge in [-0.05, 0) is 74.8 Å². The maximum absolute atomic E-state index is 14.2. The Labute approximate surface area is 125 Å². The van der Waals surface area contributed by atoms with Crippen LogP contribution in [0, 0.1) is 35.4 Å². The minimum atomic E-state index is -0.341. The van der Waals surface area contributed by atoms with E-state index in [4.69, 9.17) is 0 Å². The van der Waals surface area contributed by atoms with Crippen molar-refractivity contribution in [1.29, 1.82) is 0 Å². The lowest BCUT2D eigenvalue weighted by Gasteiger charge is -2.60. The second kappa shape index (κ2) is 4.18. The maximum Gasteiger partial charge on any atom is 0.171 e. The highest BCUT2D eigenvalue weighted by Gasteiger charge is 2.58. The highest BCUT2D eigenvalue weighted by Crippen LogP contribution is 2.65. The quantitative estimate of drug-likeness (QED) is 0.705. The summed E-state index contributed by atoms with van der Waals surface area (Å²) in [5.74, 6) is 1.12. The molecule has 0 saturated heterocycles. The Kier molecular flexibility index (Phi) is 2.68. The molecule has 0 amide bonds. The third-order valence-electron chi connectivity index (χ3n) is 6.20. The molecule has 0 aromatic heterocycles. The first-order valence-corrected chi connectivity index (χ1v) is 8.20. The molecule has 21 heavy (non-hydrogen) atoms. The van der Waals surface area contributed by atoms with Gasteiger partial charge in [-0.25, -0.2) is 4.39 Å². The van der Waals surface area contributed by atoms with E-state index >= 15 is 0 Å². The number of halogens is 1. The summed E-state index contributed by atoms with van der Waals surface area (Å²) in [5.41, 5.74) is 1.35. The van der Waals surface area contributed by atoms with Crippen molar-refractivity contribution in [3.05, 3.63) is 35.1 Å². The molecule has 4 bridgehead atoms. The summed E-state index contributed by atoms with van der Waals surface area (Å²) in [5, 5.41) is 0. The molecule has 4 saturated carbocycles. The van der Waals surface area contributed by atoms with E-state index in [1.165, 1.54) is 25.3 Å². The predicted octanol–water partition coefficient (Wildman–Crippen LogP) is 4.92. The Hall–Kier alpha value is -1.18. The van der Waals surface area contributed by atoms with E-state index in [9.17, 15) is 9.18 Å². The number of hydrogen-bond donors (Lipinski definition) is 0. The lowest BCUT2D eigenvalue weighted by molar-refractivity contribution is -0.0821. The zero-order valence-corrected chi connectivity index (χ0v) is 12.9. The van der Waals surface area contributed by atoms with Gasteiger partial charge >= 0.3 is 0 Å². The third kappa shape index (κ3) is 1.98. The molecule has 1 aromatic carbocycles. The summed E-state index contributed by atoms with van der Waals surface area (Å²) >= 11 is 0. The Morgan fingerprint density at radius 2 is 1.86 bits per heavy atom. The fourth-order valence-corrected chi connectivity index (χ4v) is 6.08. The molecule has 1 aromatic rings. The van der Waals surface area contributed by atoms with Crippen molar-refractivity contribution in [2.45, 2.75) is 52.4 Å². The number of rotatable bonds is 2. The molecule has 0 spiro atoms. The number of ketones is 1. The zero-order chi connectivity index (χ0) is 14.8. The summed E-state index contributed by atoms with van der Waals surface area (Å²) in [6, 6.07) is 4.94. The lowest BCUT2D eigenvalue weighted by Crippen LogP contribution is -2.54. The number of carbonyl (C=O) groups is 1. The highest BCUT2D eigenvalue weighted by molar-refractivity contribution is 6.01. The summed E-state index contributed by atoms with van der Waals surface area (Å²) in [6.07, 6.45) is 6.79. The van der Waals surface area contributed by atoms with E-state index in [-0.39, 0.29) is 17.0 Å². The van der Waals surface area contributed by atoms with Gasteiger partial charge in [-0.3, -0.25) is 4.79 Å². The van der Waals surface area contributed by atoms with E-state index < -0.39 is 0 Å². The van der Waals surface area contributed by atoms with Gasteiger partial charge in [0.2, 0.25) is 0 Å². The molecule has 1 nitrogen and oxygen atoms in total. The number of aryl methyl sites for hydroxylation is 1. The minimum Gasteiger partial charge on any atom is -0.293 e. The summed E-state index contributed by atoms with van der Waals surface area (Å²) in [7, 11) is 0. The van der Waals surface area contributed by atoms with Gasteiger partial charge < -0.3 is 0 Å². The van der Waals surface area contributed by atoms with E-state index in [2.05, 4.69) is 6.92 Å². The van der Waals surface area contributed by atoms with Crippen LogP contribution in [0.4, 0.5) is 4.39 Å². The molecule has 2 unspecified atom stereocenters. The number of hydrogen-bond acceptors (Lipinski definition) is 1. The van der Waals surface area contributed by atoms with Gasteiger partial charge in [-0.15, -0.1) is 0 Å². The van der Waals surface area contributed by atoms with Crippen molar-refractivity contribution >= 4 is 5.78 Å². The van der Waals surface area contributed by atoms with Gasteiger partial charge in [0.15, 0.2) is 5.78 Å². The van der Waals surface area contributed by atoms with Gasteiger partial charge in [-0.2, -0.15) is 0 Å². The fourth-order valence-electron chi connectivity index (χ4n) is 6.08. The highest BCUT2D eigenvalue weighted by atomic mass is 19.1. The first-order chi connectivity index (χ1) is 9.89. The van der Waals surface area contributed by atoms with Gasteiger partial charge in [0.1, 0.15) is 5.82 Å². The number of Topliss-reactive ketones (excluding diaryl/α,β-unsaturated/α-hetero) is 1. The van der Waals surface area contributed by atoms with Crippen LogP contribution >= 0.6 is 0 Å². The number of carbonyl (C=O) groups excluding carboxylic acids is 1. The monoisotopic (exact) mass is 286 g/mol. The van der Waals surface area contributed by atoms with Crippen molar-refractivity contribution in [3.63, 3.8) is 0 Å². The van der Waals surface area contributed by atoms with Gasteiger partial charge in [0.25, 0.3) is 0 Å². The van der Waals surface area contributed by atoms with Crippen LogP contribution in [0.1, 0.15) is 61.4 Å². The second-order valence-electron chi connectivity index (χ2n) is 8.36. The summed E-state index contributed by atoms with van der Waals surface area (Å²) in [6.45, 7) is 4.27. The van der Waals surface area contributed by atoms with Gasteiger partial charge in [0, 0.05) is 5.41 Å². The molecular formula is C19H23FO. The fraction of sp³-hybridized carbons (Fsp3) is 0.632. The minimum absolute atomic E-state index is 0.0871. The van der Waals surface area contributed by atoms with Gasteiger partial charge in [-0.1, -0.05) is 18.6 Å². The largest absolute Gasteiger partial charge is 0.293 e. The zero-order valence-electron chi connectivity index (χ0n) is 12.9. The van der Waals surface area contributed by atoms with Crippen LogP contribution in [0.15, 0.2) is 18.2 Å². The van der Waals surface area contributed by atoms with Crippen LogP contribution in [0.2, 0.25) is 0 Å². The third-order valence-corrected chi connectivity index (χ3v) is 6.20. The van der Waals surface area contributed by atoms with Crippen molar-refractivity contribution in [2.24, 2.45) is 22.7 Å². The second-order valence-corrected chi connectivity index (χ2v) is 8.36. The maximum atomic E-state index is 14.2. The van der Waals surface area contributed by atoms with Crippen molar-refractivity contribution in [1.82, 2.24) is 0 Å². The van der Waals surface area contributed by atoms with Gasteiger partial charge in [0.05, 0.1) is 5.56 Å². The molecule has 2 heteroatoms. The average Bonchev–Trinajstić information content (AvgIpc) is 2.38. The number of benzene rings is 1. The van der Waals surface area contributed by atoms with Crippen molar-refractivity contribution in [3.8, 4) is 0 Å². The molecule has 0 heterocycles. The first kappa shape index (κ1) is 13.5. The Morgan fingerprint density at radius 1 is 1.19 bits per heavy atom.